The van der Waals surface area contributed by atoms with Crippen LogP contribution in [-0.4, -0.2) is 26.2 Å². The molecule has 0 radical (unpaired) electrons. The smallest absolute Gasteiger partial charge is 0.211 e. The van der Waals surface area contributed by atoms with Crippen LogP contribution in [0.5, 0.6) is 17.2 Å². The summed E-state index contributed by atoms with van der Waals surface area (Å²) >= 11 is 3.05. The number of benzene rings is 2. The van der Waals surface area contributed by atoms with Gasteiger partial charge in [0.15, 0.2) is 11.5 Å². The van der Waals surface area contributed by atoms with Crippen molar-refractivity contribution < 1.29 is 15.3 Å². The van der Waals surface area contributed by atoms with E-state index >= 15 is 0 Å². The number of phenols is 3. The van der Waals surface area contributed by atoms with Crippen molar-refractivity contribution in [1.29, 1.82) is 0 Å². The molecule has 2 aromatic carbocycles. The number of phenolic OH excluding ortho intramolecular Hbond substituents is 3. The quantitative estimate of drug-likeness (QED) is 0.271. The molecule has 0 amide bonds. The van der Waals surface area contributed by atoms with Gasteiger partial charge in [0.25, 0.3) is 0 Å². The van der Waals surface area contributed by atoms with Crippen LogP contribution in [0.15, 0.2) is 69.4 Å². The summed E-state index contributed by atoms with van der Waals surface area (Å²) in [5.74, 6) is -0.948. The predicted octanol–water partition coefficient (Wildman–Crippen LogP) is 5.63. The molecule has 0 spiro atoms. The van der Waals surface area contributed by atoms with E-state index in [4.69, 9.17) is 4.99 Å². The van der Waals surface area contributed by atoms with Crippen LogP contribution >= 0.6 is 22.7 Å². The molecule has 0 saturated carbocycles. The summed E-state index contributed by atoms with van der Waals surface area (Å²) in [6, 6.07) is 14.9. The Labute approximate surface area is 187 Å². The second-order valence-electron chi connectivity index (χ2n) is 7.17. The zero-order valence-corrected chi connectivity index (χ0v) is 18.6. The highest BCUT2D eigenvalue weighted by Crippen LogP contribution is 2.36. The normalized spacial score (nSPS) is 12.3. The molecule has 0 aliphatic heterocycles. The maximum Gasteiger partial charge on any atom is 0.211 e. The molecule has 158 valence electrons. The van der Waals surface area contributed by atoms with E-state index in [-0.39, 0.29) is 5.56 Å². The number of aromatic hydroxyl groups is 3. The number of aromatic nitrogens is 1. The standard InChI is InChI=1S/C23H21N3O3S2/c1-14(2)15-5-8-17(9-6-15)25-23-26(18(13-31-23)20-4-3-11-30-20)24-12-16-7-10-19(27)22(29)21(16)28/h3-14,27-29H,1-2H3. The molecule has 0 saturated heterocycles. The van der Waals surface area contributed by atoms with Gasteiger partial charge in [-0.25, -0.2) is 9.67 Å². The van der Waals surface area contributed by atoms with Crippen LogP contribution in [0, 0.1) is 0 Å². The monoisotopic (exact) mass is 451 g/mol. The third-order valence-electron chi connectivity index (χ3n) is 4.72. The van der Waals surface area contributed by atoms with Crippen molar-refractivity contribution >= 4 is 34.6 Å². The van der Waals surface area contributed by atoms with Crippen LogP contribution in [0.3, 0.4) is 0 Å². The van der Waals surface area contributed by atoms with Gasteiger partial charge < -0.3 is 15.3 Å². The molecule has 4 rings (SSSR count). The molecule has 0 fully saturated rings. The van der Waals surface area contributed by atoms with E-state index < -0.39 is 17.2 Å². The highest BCUT2D eigenvalue weighted by Gasteiger charge is 2.11. The Bertz CT molecular complexity index is 1280. The fourth-order valence-electron chi connectivity index (χ4n) is 2.94. The number of hydrogen-bond donors (Lipinski definition) is 3. The molecule has 2 heterocycles. The van der Waals surface area contributed by atoms with Gasteiger partial charge in [0.1, 0.15) is 0 Å². The van der Waals surface area contributed by atoms with E-state index in [1.54, 1.807) is 16.0 Å². The highest BCUT2D eigenvalue weighted by molar-refractivity contribution is 7.14. The molecule has 8 heteroatoms. The topological polar surface area (TPSA) is 90.3 Å². The van der Waals surface area contributed by atoms with Crippen LogP contribution < -0.4 is 4.80 Å². The minimum absolute atomic E-state index is 0.276. The summed E-state index contributed by atoms with van der Waals surface area (Å²) in [7, 11) is 0. The summed E-state index contributed by atoms with van der Waals surface area (Å²) in [6.07, 6.45) is 1.43. The SMILES string of the molecule is CC(C)c1ccc(N=c2scc(-c3cccs3)n2N=Cc2ccc(O)c(O)c2O)cc1. The highest BCUT2D eigenvalue weighted by atomic mass is 32.1. The fourth-order valence-corrected chi connectivity index (χ4v) is 4.59. The van der Waals surface area contributed by atoms with E-state index in [0.717, 1.165) is 16.3 Å². The number of nitrogens with zero attached hydrogens (tertiary/aromatic N) is 3. The Morgan fingerprint density at radius 1 is 0.935 bits per heavy atom. The van der Waals surface area contributed by atoms with Gasteiger partial charge >= 0.3 is 0 Å². The molecule has 0 aliphatic carbocycles. The average Bonchev–Trinajstić information content (AvgIpc) is 3.42. The first-order valence-electron chi connectivity index (χ1n) is 9.61. The lowest BCUT2D eigenvalue weighted by molar-refractivity contribution is 0.367. The van der Waals surface area contributed by atoms with Crippen molar-refractivity contribution in [2.75, 3.05) is 0 Å². The van der Waals surface area contributed by atoms with Gasteiger partial charge in [-0.15, -0.1) is 22.7 Å². The third-order valence-corrected chi connectivity index (χ3v) is 6.43. The van der Waals surface area contributed by atoms with Crippen molar-refractivity contribution in [3.8, 4) is 27.8 Å². The van der Waals surface area contributed by atoms with Crippen LogP contribution in [0.1, 0.15) is 30.9 Å². The first-order chi connectivity index (χ1) is 14.9. The maximum atomic E-state index is 10.1. The molecule has 6 nitrogen and oxygen atoms in total. The molecule has 4 aromatic rings. The molecule has 31 heavy (non-hydrogen) atoms. The van der Waals surface area contributed by atoms with Gasteiger partial charge in [-0.2, -0.15) is 5.10 Å². The Morgan fingerprint density at radius 3 is 2.39 bits per heavy atom. The lowest BCUT2D eigenvalue weighted by Crippen LogP contribution is -2.11. The van der Waals surface area contributed by atoms with Gasteiger partial charge in [0.2, 0.25) is 10.6 Å². The summed E-state index contributed by atoms with van der Waals surface area (Å²) in [5, 5.41) is 37.9. The van der Waals surface area contributed by atoms with Gasteiger partial charge in [-0.05, 0) is 47.2 Å². The minimum atomic E-state index is -0.576. The molecular weight excluding hydrogens is 430 g/mol. The zero-order chi connectivity index (χ0) is 22.0. The number of thiazole rings is 1. The Kier molecular flexibility index (Phi) is 5.92. The van der Waals surface area contributed by atoms with E-state index in [1.807, 2.05) is 35.0 Å². The second-order valence-corrected chi connectivity index (χ2v) is 8.95. The first kappa shape index (κ1) is 20.9. The predicted molar refractivity (Wildman–Crippen MR) is 126 cm³/mol. The zero-order valence-electron chi connectivity index (χ0n) is 16.9. The van der Waals surface area contributed by atoms with E-state index in [0.29, 0.717) is 10.7 Å². The summed E-state index contributed by atoms with van der Waals surface area (Å²) in [6.45, 7) is 4.30. The number of thiophene rings is 1. The number of hydrogen-bond acceptors (Lipinski definition) is 7. The van der Waals surface area contributed by atoms with Crippen LogP contribution in [0.2, 0.25) is 0 Å². The lowest BCUT2D eigenvalue weighted by atomic mass is 10.0. The summed E-state index contributed by atoms with van der Waals surface area (Å²) in [4.78, 5) is 6.46. The van der Waals surface area contributed by atoms with Crippen LogP contribution in [-0.2, 0) is 0 Å². The van der Waals surface area contributed by atoms with Gasteiger partial charge in [0, 0.05) is 10.9 Å². The minimum Gasteiger partial charge on any atom is -0.504 e. The van der Waals surface area contributed by atoms with Gasteiger partial charge in [-0.1, -0.05) is 32.0 Å². The molecule has 3 N–H and O–H groups in total. The van der Waals surface area contributed by atoms with Crippen molar-refractivity contribution in [1.82, 2.24) is 4.68 Å². The van der Waals surface area contributed by atoms with Crippen molar-refractivity contribution in [2.24, 2.45) is 10.1 Å². The van der Waals surface area contributed by atoms with Gasteiger partial charge in [0.05, 0.1) is 22.5 Å². The molecule has 0 unspecified atom stereocenters. The summed E-state index contributed by atoms with van der Waals surface area (Å²) in [5.41, 5.74) is 3.21. The lowest BCUT2D eigenvalue weighted by Gasteiger charge is -2.05. The van der Waals surface area contributed by atoms with E-state index in [9.17, 15) is 15.3 Å². The summed E-state index contributed by atoms with van der Waals surface area (Å²) < 4.78 is 1.70. The largest absolute Gasteiger partial charge is 0.504 e. The molecular formula is C23H21N3O3S2. The number of rotatable bonds is 5. The molecule has 0 aliphatic rings. The Hall–Kier alpha value is -3.36. The third kappa shape index (κ3) is 4.40. The Morgan fingerprint density at radius 2 is 1.71 bits per heavy atom. The van der Waals surface area contributed by atoms with Crippen molar-refractivity contribution in [3.63, 3.8) is 0 Å². The first-order valence-corrected chi connectivity index (χ1v) is 11.4. The Balaban J connectivity index is 1.80. The van der Waals surface area contributed by atoms with Crippen molar-refractivity contribution in [3.05, 3.63) is 75.2 Å². The molecule has 2 aromatic heterocycles. The maximum absolute atomic E-state index is 10.1. The average molecular weight is 452 g/mol. The van der Waals surface area contributed by atoms with E-state index in [2.05, 4.69) is 31.1 Å². The molecule has 0 bridgehead atoms. The van der Waals surface area contributed by atoms with Crippen LogP contribution in [0.4, 0.5) is 5.69 Å². The van der Waals surface area contributed by atoms with Gasteiger partial charge in [-0.3, -0.25) is 0 Å². The van der Waals surface area contributed by atoms with Crippen molar-refractivity contribution in [2.45, 2.75) is 19.8 Å². The second kappa shape index (κ2) is 8.79. The molecule has 0 atom stereocenters. The van der Waals surface area contributed by atoms with Crippen LogP contribution in [0.25, 0.3) is 10.6 Å². The fraction of sp³-hybridized carbons (Fsp3) is 0.130. The van der Waals surface area contributed by atoms with E-state index in [1.165, 1.54) is 35.2 Å².